The highest BCUT2D eigenvalue weighted by Gasteiger charge is 2.32. The van der Waals surface area contributed by atoms with Gasteiger partial charge < -0.3 is 19.6 Å². The van der Waals surface area contributed by atoms with Crippen LogP contribution in [0, 0.1) is 0 Å². The van der Waals surface area contributed by atoms with Crippen LogP contribution >= 0.6 is 7.60 Å². The van der Waals surface area contributed by atoms with Gasteiger partial charge in [-0.25, -0.2) is 0 Å². The van der Waals surface area contributed by atoms with Gasteiger partial charge in [-0.1, -0.05) is 0 Å². The molecular formula is C4H11O5P. The van der Waals surface area contributed by atoms with Gasteiger partial charge >= 0.3 is 7.60 Å². The van der Waals surface area contributed by atoms with Crippen LogP contribution in [0.2, 0.25) is 0 Å². The summed E-state index contributed by atoms with van der Waals surface area (Å²) in [6, 6.07) is 0. The molecule has 0 spiro atoms. The second-order valence-corrected chi connectivity index (χ2v) is 3.64. The van der Waals surface area contributed by atoms with E-state index in [-0.39, 0.29) is 0 Å². The molecular weight excluding hydrogens is 159 g/mol. The molecule has 3 N–H and O–H groups in total. The molecule has 0 bridgehead atoms. The molecule has 0 radical (unpaired) electrons. The highest BCUT2D eigenvalue weighted by atomic mass is 31.2. The summed E-state index contributed by atoms with van der Waals surface area (Å²) in [4.78, 5) is 16.9. The first kappa shape index (κ1) is 10.1. The largest absolute Gasteiger partial charge is 0.390 e. The van der Waals surface area contributed by atoms with Gasteiger partial charge in [0.1, 0.15) is 0 Å². The maximum atomic E-state index is 10.4. The molecule has 0 aliphatic heterocycles. The van der Waals surface area contributed by atoms with Gasteiger partial charge in [0.25, 0.3) is 0 Å². The summed E-state index contributed by atoms with van der Waals surface area (Å²) in [5.41, 5.74) is 0. The molecule has 62 valence electrons. The number of aliphatic hydroxyl groups excluding tert-OH is 1. The predicted molar refractivity (Wildman–Crippen MR) is 34.5 cm³/mol. The van der Waals surface area contributed by atoms with Crippen LogP contribution in [0.1, 0.15) is 6.92 Å². The van der Waals surface area contributed by atoms with Gasteiger partial charge in [0, 0.05) is 7.11 Å². The van der Waals surface area contributed by atoms with E-state index in [2.05, 4.69) is 4.74 Å². The van der Waals surface area contributed by atoms with Crippen LogP contribution in [-0.2, 0) is 9.30 Å². The molecule has 0 aliphatic carbocycles. The summed E-state index contributed by atoms with van der Waals surface area (Å²) in [5.74, 6) is -1.41. The monoisotopic (exact) mass is 170 g/mol. The van der Waals surface area contributed by atoms with E-state index in [9.17, 15) is 4.57 Å². The van der Waals surface area contributed by atoms with E-state index in [1.165, 1.54) is 6.92 Å². The Kier molecular flexibility index (Phi) is 3.48. The zero-order chi connectivity index (χ0) is 8.36. The first-order chi connectivity index (χ1) is 4.39. The molecule has 6 heteroatoms. The Morgan fingerprint density at radius 2 is 1.90 bits per heavy atom. The Hall–Kier alpha value is 0.0700. The molecule has 5 nitrogen and oxygen atoms in total. The van der Waals surface area contributed by atoms with E-state index in [4.69, 9.17) is 14.9 Å². The average molecular weight is 170 g/mol. The summed E-state index contributed by atoms with van der Waals surface area (Å²) in [7, 11) is -3.17. The van der Waals surface area contributed by atoms with Crippen molar-refractivity contribution >= 4 is 7.60 Å². The van der Waals surface area contributed by atoms with Gasteiger partial charge in [-0.15, -0.1) is 0 Å². The summed E-state index contributed by atoms with van der Waals surface area (Å²) in [6.07, 6.45) is -1.16. The molecule has 0 fully saturated rings. The zero-order valence-electron chi connectivity index (χ0n) is 5.76. The highest BCUT2D eigenvalue weighted by Crippen LogP contribution is 2.42. The lowest BCUT2D eigenvalue weighted by Crippen LogP contribution is -2.24. The molecule has 0 unspecified atom stereocenters. The van der Waals surface area contributed by atoms with Crippen molar-refractivity contribution in [2.24, 2.45) is 0 Å². The second-order valence-electron chi connectivity index (χ2n) is 1.96. The topological polar surface area (TPSA) is 87.0 Å². The molecule has 0 aromatic carbocycles. The van der Waals surface area contributed by atoms with Crippen molar-refractivity contribution in [3.05, 3.63) is 0 Å². The molecule has 0 aromatic rings. The maximum absolute atomic E-state index is 10.4. The Labute approximate surface area is 58.8 Å². The van der Waals surface area contributed by atoms with Crippen LogP contribution in [0.4, 0.5) is 0 Å². The first-order valence-electron chi connectivity index (χ1n) is 2.65. The van der Waals surface area contributed by atoms with Crippen molar-refractivity contribution in [3.63, 3.8) is 0 Å². The van der Waals surface area contributed by atoms with Crippen molar-refractivity contribution in [3.8, 4) is 0 Å². The summed E-state index contributed by atoms with van der Waals surface area (Å²) in [6.45, 7) is 1.26. The first-order valence-corrected chi connectivity index (χ1v) is 4.34. The molecule has 0 saturated carbocycles. The van der Waals surface area contributed by atoms with Gasteiger partial charge in [-0.2, -0.15) is 0 Å². The minimum atomic E-state index is -4.30. The fourth-order valence-corrected chi connectivity index (χ4v) is 1.45. The van der Waals surface area contributed by atoms with Gasteiger partial charge in [-0.3, -0.25) is 4.57 Å². The highest BCUT2D eigenvalue weighted by molar-refractivity contribution is 7.52. The van der Waals surface area contributed by atoms with E-state index < -0.39 is 19.5 Å². The van der Waals surface area contributed by atoms with Crippen molar-refractivity contribution < 1.29 is 24.2 Å². The summed E-state index contributed by atoms with van der Waals surface area (Å²) < 4.78 is 14.8. The lowest BCUT2D eigenvalue weighted by Gasteiger charge is -2.18. The molecule has 0 amide bonds. The SMILES string of the molecule is CO[C@@H]([C@H](C)O)P(=O)(O)O. The Bertz CT molecular complexity index is 139. The van der Waals surface area contributed by atoms with Gasteiger partial charge in [0.15, 0.2) is 5.85 Å². The smallest absolute Gasteiger partial charge is 0.356 e. The fraction of sp³-hybridized carbons (Fsp3) is 1.00. The number of rotatable bonds is 3. The van der Waals surface area contributed by atoms with Crippen LogP contribution in [0.3, 0.4) is 0 Å². The van der Waals surface area contributed by atoms with Crippen molar-refractivity contribution in [2.75, 3.05) is 7.11 Å². The van der Waals surface area contributed by atoms with Crippen LogP contribution in [0.25, 0.3) is 0 Å². The third-order valence-electron chi connectivity index (χ3n) is 0.986. The fourth-order valence-electron chi connectivity index (χ4n) is 0.615. The lowest BCUT2D eigenvalue weighted by molar-refractivity contribution is 0.0318. The van der Waals surface area contributed by atoms with E-state index in [1.807, 2.05) is 0 Å². The molecule has 2 atom stereocenters. The number of hydrogen-bond acceptors (Lipinski definition) is 3. The number of hydrogen-bond donors (Lipinski definition) is 3. The number of aliphatic hydroxyl groups is 1. The third kappa shape index (κ3) is 2.77. The standard InChI is InChI=1S/C4H11O5P/c1-3(5)4(9-2)10(6,7)8/h3-5H,1-2H3,(H2,6,7,8)/t3-,4+/m0/s1. The predicted octanol–water partition coefficient (Wildman–Crippen LogP) is -0.483. The Morgan fingerprint density at radius 3 is 1.90 bits per heavy atom. The van der Waals surface area contributed by atoms with E-state index in [1.54, 1.807) is 0 Å². The van der Waals surface area contributed by atoms with Crippen LogP contribution in [0.5, 0.6) is 0 Å². The Morgan fingerprint density at radius 1 is 1.50 bits per heavy atom. The third-order valence-corrected chi connectivity index (χ3v) is 2.29. The van der Waals surface area contributed by atoms with E-state index in [0.717, 1.165) is 7.11 Å². The van der Waals surface area contributed by atoms with Gasteiger partial charge in [0.05, 0.1) is 6.10 Å². The average Bonchev–Trinajstić information content (AvgIpc) is 1.60. The number of ether oxygens (including phenoxy) is 1. The second kappa shape index (κ2) is 3.46. The van der Waals surface area contributed by atoms with Crippen molar-refractivity contribution in [1.82, 2.24) is 0 Å². The molecule has 0 heterocycles. The van der Waals surface area contributed by atoms with E-state index >= 15 is 0 Å². The molecule has 10 heavy (non-hydrogen) atoms. The van der Waals surface area contributed by atoms with Gasteiger partial charge in [0.2, 0.25) is 0 Å². The molecule has 0 aliphatic rings. The number of methoxy groups -OCH3 is 1. The minimum absolute atomic E-state index is 1.14. The van der Waals surface area contributed by atoms with Gasteiger partial charge in [-0.05, 0) is 6.92 Å². The Balaban J connectivity index is 4.22. The molecule has 0 rings (SSSR count). The van der Waals surface area contributed by atoms with Crippen LogP contribution < -0.4 is 0 Å². The molecule has 0 saturated heterocycles. The van der Waals surface area contributed by atoms with Crippen LogP contribution in [-0.4, -0.2) is 34.0 Å². The normalized spacial score (nSPS) is 18.5. The minimum Gasteiger partial charge on any atom is -0.390 e. The summed E-state index contributed by atoms with van der Waals surface area (Å²) >= 11 is 0. The van der Waals surface area contributed by atoms with Crippen LogP contribution in [0.15, 0.2) is 0 Å². The summed E-state index contributed by atoms with van der Waals surface area (Å²) in [5, 5.41) is 8.73. The van der Waals surface area contributed by atoms with E-state index in [0.29, 0.717) is 0 Å². The molecule has 0 aromatic heterocycles. The van der Waals surface area contributed by atoms with Crippen molar-refractivity contribution in [2.45, 2.75) is 18.9 Å². The quantitative estimate of drug-likeness (QED) is 0.498. The lowest BCUT2D eigenvalue weighted by atomic mass is 10.4. The zero-order valence-corrected chi connectivity index (χ0v) is 6.65. The van der Waals surface area contributed by atoms with Crippen molar-refractivity contribution in [1.29, 1.82) is 0 Å². The maximum Gasteiger partial charge on any atom is 0.356 e.